The van der Waals surface area contributed by atoms with Crippen molar-refractivity contribution in [1.82, 2.24) is 20.8 Å². The van der Waals surface area contributed by atoms with E-state index in [9.17, 15) is 27.2 Å². The standard InChI is InChI=1S/C16H13F4N5O2/c17-10-3-9(4-11(18)5-10)16(1-2-16)23-15-21-6-8(7-22-15)13(26)24-25-14(27)12(19)20/h3-7,12H,1-2H2,(H,24,26)(H,25,27)(H,21,22,23). The van der Waals surface area contributed by atoms with Crippen molar-refractivity contribution in [1.29, 1.82) is 0 Å². The number of aromatic nitrogens is 2. The molecule has 3 N–H and O–H groups in total. The number of anilines is 1. The van der Waals surface area contributed by atoms with Crippen molar-refractivity contribution in [2.75, 3.05) is 5.32 Å². The number of nitrogens with zero attached hydrogens (tertiary/aromatic N) is 2. The first-order chi connectivity index (χ1) is 12.8. The quantitative estimate of drug-likeness (QED) is 0.541. The third kappa shape index (κ3) is 4.30. The van der Waals surface area contributed by atoms with Crippen LogP contribution in [0.25, 0.3) is 0 Å². The molecule has 2 aromatic rings. The molecule has 1 aliphatic carbocycles. The lowest BCUT2D eigenvalue weighted by Crippen LogP contribution is -2.44. The number of hydrogen-bond acceptors (Lipinski definition) is 5. The number of nitrogens with one attached hydrogen (secondary N) is 3. The lowest BCUT2D eigenvalue weighted by atomic mass is 10.0. The predicted octanol–water partition coefficient (Wildman–Crippen LogP) is 1.88. The Morgan fingerprint density at radius 2 is 1.59 bits per heavy atom. The van der Waals surface area contributed by atoms with Gasteiger partial charge in [-0.15, -0.1) is 0 Å². The van der Waals surface area contributed by atoms with E-state index in [-0.39, 0.29) is 11.5 Å². The number of carbonyl (C=O) groups is 2. The number of rotatable bonds is 5. The van der Waals surface area contributed by atoms with Gasteiger partial charge in [0, 0.05) is 18.5 Å². The van der Waals surface area contributed by atoms with Crippen LogP contribution in [-0.2, 0) is 10.3 Å². The molecular formula is C16H13F4N5O2. The van der Waals surface area contributed by atoms with Gasteiger partial charge in [0.25, 0.3) is 5.91 Å². The maximum absolute atomic E-state index is 13.4. The maximum atomic E-state index is 13.4. The van der Waals surface area contributed by atoms with Crippen LogP contribution in [0, 0.1) is 11.6 Å². The van der Waals surface area contributed by atoms with Gasteiger partial charge in [0.1, 0.15) is 11.6 Å². The number of carbonyl (C=O) groups excluding carboxylic acids is 2. The van der Waals surface area contributed by atoms with Gasteiger partial charge in [-0.2, -0.15) is 8.78 Å². The molecule has 0 spiro atoms. The van der Waals surface area contributed by atoms with E-state index in [2.05, 4.69) is 15.3 Å². The number of benzene rings is 1. The second-order valence-corrected chi connectivity index (χ2v) is 5.90. The molecule has 0 radical (unpaired) electrons. The summed E-state index contributed by atoms with van der Waals surface area (Å²) in [6, 6.07) is 3.21. The number of amides is 2. The Bertz CT molecular complexity index is 851. The fourth-order valence-electron chi connectivity index (χ4n) is 2.41. The van der Waals surface area contributed by atoms with Crippen molar-refractivity contribution in [3.8, 4) is 0 Å². The largest absolute Gasteiger partial charge is 0.345 e. The first kappa shape index (κ1) is 18.5. The summed E-state index contributed by atoms with van der Waals surface area (Å²) in [5.41, 5.74) is 2.97. The van der Waals surface area contributed by atoms with Crippen LogP contribution < -0.4 is 16.2 Å². The van der Waals surface area contributed by atoms with E-state index in [0.29, 0.717) is 18.4 Å². The fraction of sp³-hybridized carbons (Fsp3) is 0.250. The summed E-state index contributed by atoms with van der Waals surface area (Å²) in [6.45, 7) is 0. The molecule has 7 nitrogen and oxygen atoms in total. The van der Waals surface area contributed by atoms with E-state index in [1.165, 1.54) is 12.1 Å². The molecular weight excluding hydrogens is 370 g/mol. The van der Waals surface area contributed by atoms with Crippen molar-refractivity contribution in [2.24, 2.45) is 0 Å². The van der Waals surface area contributed by atoms with Crippen molar-refractivity contribution in [3.63, 3.8) is 0 Å². The molecule has 1 saturated carbocycles. The Kier molecular flexibility index (Phi) is 4.93. The molecule has 0 unspecified atom stereocenters. The summed E-state index contributed by atoms with van der Waals surface area (Å²) < 4.78 is 50.9. The van der Waals surface area contributed by atoms with E-state index in [1.807, 2.05) is 0 Å². The summed E-state index contributed by atoms with van der Waals surface area (Å²) in [7, 11) is 0. The zero-order valence-electron chi connectivity index (χ0n) is 13.6. The van der Waals surface area contributed by atoms with Crippen LogP contribution in [0.2, 0.25) is 0 Å². The molecule has 0 aliphatic heterocycles. The smallest absolute Gasteiger partial charge is 0.317 e. The second kappa shape index (κ2) is 7.17. The highest BCUT2D eigenvalue weighted by molar-refractivity contribution is 5.95. The van der Waals surface area contributed by atoms with Crippen LogP contribution in [-0.4, -0.2) is 28.2 Å². The van der Waals surface area contributed by atoms with Gasteiger partial charge in [0.2, 0.25) is 5.95 Å². The van der Waals surface area contributed by atoms with E-state index >= 15 is 0 Å². The lowest BCUT2D eigenvalue weighted by Gasteiger charge is -2.18. The predicted molar refractivity (Wildman–Crippen MR) is 84.5 cm³/mol. The molecule has 1 fully saturated rings. The summed E-state index contributed by atoms with van der Waals surface area (Å²) in [5.74, 6) is -3.82. The topological polar surface area (TPSA) is 96.0 Å². The van der Waals surface area contributed by atoms with E-state index in [0.717, 1.165) is 18.5 Å². The third-order valence-electron chi connectivity index (χ3n) is 3.93. The molecule has 1 aromatic heterocycles. The van der Waals surface area contributed by atoms with Crippen LogP contribution in [0.3, 0.4) is 0 Å². The summed E-state index contributed by atoms with van der Waals surface area (Å²) in [4.78, 5) is 30.3. The lowest BCUT2D eigenvalue weighted by molar-refractivity contribution is -0.132. The van der Waals surface area contributed by atoms with Gasteiger partial charge in [-0.3, -0.25) is 20.4 Å². The Labute approximate surface area is 150 Å². The van der Waals surface area contributed by atoms with E-state index < -0.39 is 35.4 Å². The highest BCUT2D eigenvalue weighted by Gasteiger charge is 2.45. The fourth-order valence-corrected chi connectivity index (χ4v) is 2.41. The summed E-state index contributed by atoms with van der Waals surface area (Å²) >= 11 is 0. The Hall–Kier alpha value is -3.24. The van der Waals surface area contributed by atoms with Gasteiger partial charge in [0.05, 0.1) is 11.1 Å². The maximum Gasteiger partial charge on any atom is 0.317 e. The molecule has 0 saturated heterocycles. The second-order valence-electron chi connectivity index (χ2n) is 5.90. The van der Waals surface area contributed by atoms with E-state index in [4.69, 9.17) is 0 Å². The minimum atomic E-state index is -3.27. The summed E-state index contributed by atoms with van der Waals surface area (Å²) in [5, 5.41) is 2.98. The number of alkyl halides is 2. The minimum absolute atomic E-state index is 0.0863. The average molecular weight is 383 g/mol. The molecule has 27 heavy (non-hydrogen) atoms. The molecule has 0 atom stereocenters. The van der Waals surface area contributed by atoms with Gasteiger partial charge < -0.3 is 5.32 Å². The Balaban J connectivity index is 1.65. The van der Waals surface area contributed by atoms with Crippen LogP contribution in [0.4, 0.5) is 23.5 Å². The first-order valence-corrected chi connectivity index (χ1v) is 7.74. The molecule has 1 heterocycles. The number of hydrazine groups is 1. The van der Waals surface area contributed by atoms with Crippen molar-refractivity contribution in [2.45, 2.75) is 24.8 Å². The molecule has 1 aliphatic rings. The number of hydrogen-bond donors (Lipinski definition) is 3. The minimum Gasteiger partial charge on any atom is -0.345 e. The number of halogens is 4. The Morgan fingerprint density at radius 1 is 1.00 bits per heavy atom. The molecule has 0 bridgehead atoms. The normalized spacial score (nSPS) is 14.6. The SMILES string of the molecule is O=C(NNC(=O)C(F)F)c1cnc(NC2(c3cc(F)cc(F)c3)CC2)nc1. The monoisotopic (exact) mass is 383 g/mol. The van der Waals surface area contributed by atoms with Gasteiger partial charge >= 0.3 is 12.3 Å². The Morgan fingerprint density at radius 3 is 2.11 bits per heavy atom. The van der Waals surface area contributed by atoms with Crippen molar-refractivity contribution < 1.29 is 27.2 Å². The summed E-state index contributed by atoms with van der Waals surface area (Å²) in [6.07, 6.45) is 0.182. The highest BCUT2D eigenvalue weighted by atomic mass is 19.3. The third-order valence-corrected chi connectivity index (χ3v) is 3.93. The van der Waals surface area contributed by atoms with Crippen LogP contribution >= 0.6 is 0 Å². The highest BCUT2D eigenvalue weighted by Crippen LogP contribution is 2.48. The average Bonchev–Trinajstić information content (AvgIpc) is 3.40. The van der Waals surface area contributed by atoms with E-state index in [1.54, 1.807) is 10.9 Å². The van der Waals surface area contributed by atoms with Crippen molar-refractivity contribution in [3.05, 3.63) is 53.4 Å². The van der Waals surface area contributed by atoms with Gasteiger partial charge in [0.15, 0.2) is 0 Å². The first-order valence-electron chi connectivity index (χ1n) is 7.74. The molecule has 2 amide bonds. The van der Waals surface area contributed by atoms with Gasteiger partial charge in [-0.1, -0.05) is 0 Å². The molecule has 142 valence electrons. The van der Waals surface area contributed by atoms with Crippen LogP contribution in [0.1, 0.15) is 28.8 Å². The van der Waals surface area contributed by atoms with Gasteiger partial charge in [-0.05, 0) is 30.5 Å². The van der Waals surface area contributed by atoms with Crippen LogP contribution in [0.15, 0.2) is 30.6 Å². The van der Waals surface area contributed by atoms with Crippen molar-refractivity contribution >= 4 is 17.8 Å². The molecule has 1 aromatic carbocycles. The zero-order chi connectivity index (χ0) is 19.6. The zero-order valence-corrected chi connectivity index (χ0v) is 13.6. The van der Waals surface area contributed by atoms with Crippen LogP contribution in [0.5, 0.6) is 0 Å². The molecule has 11 heteroatoms. The van der Waals surface area contributed by atoms with Gasteiger partial charge in [-0.25, -0.2) is 18.7 Å². The molecule has 3 rings (SSSR count).